The Morgan fingerprint density at radius 2 is 1.81 bits per heavy atom. The van der Waals surface area contributed by atoms with Gasteiger partial charge in [-0.3, -0.25) is 19.3 Å². The fraction of sp³-hybridized carbons (Fsp3) is 0.391. The topological polar surface area (TPSA) is 80.6 Å². The quantitative estimate of drug-likeness (QED) is 0.649. The van der Waals surface area contributed by atoms with Gasteiger partial charge in [-0.25, -0.2) is 0 Å². The van der Waals surface area contributed by atoms with E-state index in [9.17, 15) is 9.59 Å². The number of pyridine rings is 1. The van der Waals surface area contributed by atoms with Crippen molar-refractivity contribution in [3.63, 3.8) is 0 Å². The standard InChI is InChI=1S/C23H25N5O3/c1-26-14-16(12-25-26)21-18-11-17(31-2)5-6-20(18)24-13-19(21)23(30)28-9-7-27(8-10-28)22(29)15-3-4-15/h5-6,11-15H,3-4,7-10H2,1-2H3. The highest BCUT2D eigenvalue weighted by Gasteiger charge is 2.35. The third-order valence-corrected chi connectivity index (χ3v) is 6.10. The third-order valence-electron chi connectivity index (χ3n) is 6.10. The van der Waals surface area contributed by atoms with Gasteiger partial charge in [0.2, 0.25) is 5.91 Å². The molecular formula is C23H25N5O3. The van der Waals surface area contributed by atoms with Crippen LogP contribution in [0.25, 0.3) is 22.0 Å². The van der Waals surface area contributed by atoms with Gasteiger partial charge in [-0.15, -0.1) is 0 Å². The van der Waals surface area contributed by atoms with Crippen LogP contribution in [0.3, 0.4) is 0 Å². The van der Waals surface area contributed by atoms with Crippen LogP contribution in [0.5, 0.6) is 5.75 Å². The first-order valence-electron chi connectivity index (χ1n) is 10.6. The molecule has 8 heteroatoms. The van der Waals surface area contributed by atoms with Crippen LogP contribution in [-0.2, 0) is 11.8 Å². The van der Waals surface area contributed by atoms with Gasteiger partial charge in [-0.05, 0) is 31.0 Å². The molecule has 3 aromatic rings. The highest BCUT2D eigenvalue weighted by atomic mass is 16.5. The molecule has 0 unspecified atom stereocenters. The van der Waals surface area contributed by atoms with Crippen LogP contribution in [0.2, 0.25) is 0 Å². The zero-order valence-electron chi connectivity index (χ0n) is 17.7. The maximum absolute atomic E-state index is 13.5. The Hall–Kier alpha value is -3.42. The number of aryl methyl sites for hydroxylation is 1. The van der Waals surface area contributed by atoms with Gasteiger partial charge in [-0.2, -0.15) is 5.10 Å². The van der Waals surface area contributed by atoms with Crippen molar-refractivity contribution in [1.82, 2.24) is 24.6 Å². The van der Waals surface area contributed by atoms with E-state index in [2.05, 4.69) is 10.1 Å². The van der Waals surface area contributed by atoms with Crippen molar-refractivity contribution in [1.29, 1.82) is 0 Å². The van der Waals surface area contributed by atoms with Gasteiger partial charge in [-0.1, -0.05) is 0 Å². The Labute approximate surface area is 180 Å². The van der Waals surface area contributed by atoms with E-state index in [0.717, 1.165) is 34.9 Å². The summed E-state index contributed by atoms with van der Waals surface area (Å²) in [5.74, 6) is 1.08. The minimum absolute atomic E-state index is 0.0745. The van der Waals surface area contributed by atoms with E-state index in [1.54, 1.807) is 24.2 Å². The largest absolute Gasteiger partial charge is 0.497 e. The van der Waals surface area contributed by atoms with Crippen molar-refractivity contribution >= 4 is 22.7 Å². The maximum atomic E-state index is 13.5. The average molecular weight is 419 g/mol. The lowest BCUT2D eigenvalue weighted by atomic mass is 9.97. The van der Waals surface area contributed by atoms with Gasteiger partial charge in [0.25, 0.3) is 5.91 Å². The Kier molecular flexibility index (Phi) is 4.84. The molecule has 0 N–H and O–H groups in total. The molecule has 5 rings (SSSR count). The first-order chi connectivity index (χ1) is 15.0. The van der Waals surface area contributed by atoms with E-state index in [1.807, 2.05) is 41.2 Å². The van der Waals surface area contributed by atoms with E-state index in [1.165, 1.54) is 0 Å². The monoisotopic (exact) mass is 419 g/mol. The number of ether oxygens (including phenoxy) is 1. The SMILES string of the molecule is COc1ccc2ncc(C(=O)N3CCN(C(=O)C4CC4)CC3)c(-c3cnn(C)c3)c2c1. The minimum atomic E-state index is -0.0745. The molecular weight excluding hydrogens is 394 g/mol. The highest BCUT2D eigenvalue weighted by molar-refractivity contribution is 6.08. The summed E-state index contributed by atoms with van der Waals surface area (Å²) in [5, 5.41) is 5.15. The lowest BCUT2D eigenvalue weighted by molar-refractivity contribution is -0.134. The molecule has 2 fully saturated rings. The van der Waals surface area contributed by atoms with Gasteiger partial charge < -0.3 is 14.5 Å². The molecule has 160 valence electrons. The van der Waals surface area contributed by atoms with Crippen molar-refractivity contribution in [2.45, 2.75) is 12.8 Å². The molecule has 1 aromatic carbocycles. The molecule has 1 saturated heterocycles. The fourth-order valence-electron chi connectivity index (χ4n) is 4.21. The van der Waals surface area contributed by atoms with Gasteiger partial charge in [0.05, 0.1) is 24.4 Å². The molecule has 2 aliphatic rings. The van der Waals surface area contributed by atoms with E-state index in [4.69, 9.17) is 4.74 Å². The fourth-order valence-corrected chi connectivity index (χ4v) is 4.21. The lowest BCUT2D eigenvalue weighted by Gasteiger charge is -2.35. The number of hydrogen-bond acceptors (Lipinski definition) is 5. The van der Waals surface area contributed by atoms with Crippen LogP contribution in [0, 0.1) is 5.92 Å². The summed E-state index contributed by atoms with van der Waals surface area (Å²) in [7, 11) is 3.47. The molecule has 0 radical (unpaired) electrons. The molecule has 1 saturated carbocycles. The van der Waals surface area contributed by atoms with Crippen molar-refractivity contribution in [3.8, 4) is 16.9 Å². The smallest absolute Gasteiger partial charge is 0.256 e. The molecule has 0 atom stereocenters. The van der Waals surface area contributed by atoms with Crippen molar-refractivity contribution < 1.29 is 14.3 Å². The summed E-state index contributed by atoms with van der Waals surface area (Å²) >= 11 is 0. The molecule has 3 heterocycles. The van der Waals surface area contributed by atoms with Crippen molar-refractivity contribution in [2.75, 3.05) is 33.3 Å². The highest BCUT2D eigenvalue weighted by Crippen LogP contribution is 2.34. The number of piperazine rings is 1. The number of hydrogen-bond donors (Lipinski definition) is 0. The van der Waals surface area contributed by atoms with E-state index < -0.39 is 0 Å². The zero-order chi connectivity index (χ0) is 21.5. The number of aromatic nitrogens is 3. The summed E-state index contributed by atoms with van der Waals surface area (Å²) in [6.45, 7) is 2.22. The molecule has 1 aliphatic carbocycles. The number of benzene rings is 1. The second-order valence-electron chi connectivity index (χ2n) is 8.22. The Morgan fingerprint density at radius 1 is 1.06 bits per heavy atom. The molecule has 2 aromatic heterocycles. The molecule has 1 aliphatic heterocycles. The predicted molar refractivity (Wildman–Crippen MR) is 116 cm³/mol. The second kappa shape index (κ2) is 7.68. The third kappa shape index (κ3) is 3.62. The number of rotatable bonds is 4. The zero-order valence-corrected chi connectivity index (χ0v) is 17.7. The summed E-state index contributed by atoms with van der Waals surface area (Å²) in [6, 6.07) is 5.66. The molecule has 2 amide bonds. The van der Waals surface area contributed by atoms with Gasteiger partial charge in [0.1, 0.15) is 5.75 Å². The Morgan fingerprint density at radius 3 is 2.45 bits per heavy atom. The van der Waals surface area contributed by atoms with Crippen molar-refractivity contribution in [3.05, 3.63) is 42.4 Å². The van der Waals surface area contributed by atoms with Gasteiger partial charge in [0, 0.05) is 68.1 Å². The van der Waals surface area contributed by atoms with E-state index in [-0.39, 0.29) is 17.7 Å². The molecule has 0 bridgehead atoms. The summed E-state index contributed by atoms with van der Waals surface area (Å²) in [6.07, 6.45) is 7.31. The van der Waals surface area contributed by atoms with Crippen LogP contribution in [0.4, 0.5) is 0 Å². The average Bonchev–Trinajstić information content (AvgIpc) is 3.57. The first-order valence-corrected chi connectivity index (χ1v) is 10.6. The number of fused-ring (bicyclic) bond motifs is 1. The minimum Gasteiger partial charge on any atom is -0.497 e. The Balaban J connectivity index is 1.50. The number of carbonyl (C=O) groups excluding carboxylic acids is 2. The predicted octanol–water partition coefficient (Wildman–Crippen LogP) is 2.34. The van der Waals surface area contributed by atoms with Crippen LogP contribution >= 0.6 is 0 Å². The van der Waals surface area contributed by atoms with Crippen LogP contribution in [0.15, 0.2) is 36.8 Å². The summed E-state index contributed by atoms with van der Waals surface area (Å²) in [5.41, 5.74) is 2.99. The molecule has 31 heavy (non-hydrogen) atoms. The van der Waals surface area contributed by atoms with Crippen LogP contribution in [0.1, 0.15) is 23.2 Å². The van der Waals surface area contributed by atoms with Crippen molar-refractivity contribution in [2.24, 2.45) is 13.0 Å². The number of carbonyl (C=O) groups is 2. The van der Waals surface area contributed by atoms with Gasteiger partial charge >= 0.3 is 0 Å². The first kappa shape index (κ1) is 19.5. The molecule has 0 spiro atoms. The van der Waals surface area contributed by atoms with E-state index in [0.29, 0.717) is 37.5 Å². The number of methoxy groups -OCH3 is 1. The summed E-state index contributed by atoms with van der Waals surface area (Å²) in [4.78, 5) is 34.2. The molecule has 8 nitrogen and oxygen atoms in total. The Bertz CT molecular complexity index is 1160. The number of amides is 2. The maximum Gasteiger partial charge on any atom is 0.256 e. The lowest BCUT2D eigenvalue weighted by Crippen LogP contribution is -2.51. The van der Waals surface area contributed by atoms with E-state index >= 15 is 0 Å². The van der Waals surface area contributed by atoms with Gasteiger partial charge in [0.15, 0.2) is 0 Å². The van der Waals surface area contributed by atoms with Crippen LogP contribution < -0.4 is 4.74 Å². The van der Waals surface area contributed by atoms with Crippen LogP contribution in [-0.4, -0.2) is 69.7 Å². The summed E-state index contributed by atoms with van der Waals surface area (Å²) < 4.78 is 7.13. The number of nitrogens with zero attached hydrogens (tertiary/aromatic N) is 5. The second-order valence-corrected chi connectivity index (χ2v) is 8.22. The normalized spacial score (nSPS) is 16.6.